The molecule has 0 saturated carbocycles. The van der Waals surface area contributed by atoms with Crippen LogP contribution in [-0.2, 0) is 10.2 Å². The third kappa shape index (κ3) is 7.14. The van der Waals surface area contributed by atoms with Gasteiger partial charge in [0.2, 0.25) is 5.95 Å². The topological polar surface area (TPSA) is 111 Å². The molecule has 0 amide bonds. The number of ether oxygens (including phenoxy) is 1. The van der Waals surface area contributed by atoms with Crippen LogP contribution in [0.3, 0.4) is 0 Å². The average Bonchev–Trinajstić information content (AvgIpc) is 2.93. The SMILES string of the molecule is S=C(NCC1(c2cccc(Cl)c2)CCOCC1)Nc1nc(Sc2ncccn2)cc(Sc2ncccn2)n1. The number of rotatable bonds is 8. The average molecular weight is 583 g/mol. The molecule has 0 radical (unpaired) electrons. The molecule has 38 heavy (non-hydrogen) atoms. The van der Waals surface area contributed by atoms with E-state index in [4.69, 9.17) is 28.6 Å². The molecule has 1 fully saturated rings. The summed E-state index contributed by atoms with van der Waals surface area (Å²) in [5.74, 6) is 0.352. The quantitative estimate of drug-likeness (QED) is 0.165. The van der Waals surface area contributed by atoms with E-state index in [0.29, 0.717) is 56.2 Å². The zero-order valence-electron chi connectivity index (χ0n) is 20.1. The van der Waals surface area contributed by atoms with Crippen LogP contribution in [0.15, 0.2) is 87.6 Å². The molecule has 9 nitrogen and oxygen atoms in total. The van der Waals surface area contributed by atoms with Crippen LogP contribution in [0.4, 0.5) is 5.95 Å². The van der Waals surface area contributed by atoms with Crippen molar-refractivity contribution in [3.8, 4) is 0 Å². The van der Waals surface area contributed by atoms with Crippen LogP contribution in [0.1, 0.15) is 18.4 Å². The zero-order valence-corrected chi connectivity index (χ0v) is 23.3. The van der Waals surface area contributed by atoms with Gasteiger partial charge < -0.3 is 15.4 Å². The van der Waals surface area contributed by atoms with Crippen molar-refractivity contribution in [2.75, 3.05) is 25.1 Å². The second-order valence-corrected chi connectivity index (χ2v) is 11.2. The molecule has 4 aromatic rings. The van der Waals surface area contributed by atoms with Gasteiger partial charge in [-0.25, -0.2) is 29.9 Å². The molecule has 0 atom stereocenters. The van der Waals surface area contributed by atoms with E-state index in [2.05, 4.69) is 46.6 Å². The summed E-state index contributed by atoms with van der Waals surface area (Å²) in [6.45, 7) is 1.98. The van der Waals surface area contributed by atoms with Crippen molar-refractivity contribution in [2.45, 2.75) is 38.6 Å². The largest absolute Gasteiger partial charge is 0.381 e. The van der Waals surface area contributed by atoms with Gasteiger partial charge in [0.15, 0.2) is 15.4 Å². The van der Waals surface area contributed by atoms with Gasteiger partial charge in [0.25, 0.3) is 0 Å². The fourth-order valence-electron chi connectivity index (χ4n) is 3.97. The van der Waals surface area contributed by atoms with Gasteiger partial charge in [0, 0.05) is 61.0 Å². The lowest BCUT2D eigenvalue weighted by molar-refractivity contribution is 0.0515. The van der Waals surface area contributed by atoms with Crippen molar-refractivity contribution >= 4 is 58.4 Å². The Morgan fingerprint density at radius 1 is 0.895 bits per heavy atom. The Morgan fingerprint density at radius 2 is 1.50 bits per heavy atom. The van der Waals surface area contributed by atoms with Crippen molar-refractivity contribution < 1.29 is 4.74 Å². The Balaban J connectivity index is 1.33. The second kappa shape index (κ2) is 12.8. The molecule has 13 heteroatoms. The summed E-state index contributed by atoms with van der Waals surface area (Å²) in [4.78, 5) is 26.4. The van der Waals surface area contributed by atoms with E-state index >= 15 is 0 Å². The van der Waals surface area contributed by atoms with E-state index < -0.39 is 0 Å². The van der Waals surface area contributed by atoms with Gasteiger partial charge in [-0.15, -0.1) is 0 Å². The first kappa shape index (κ1) is 26.7. The van der Waals surface area contributed by atoms with E-state index in [-0.39, 0.29) is 5.41 Å². The molecule has 0 bridgehead atoms. The first-order valence-electron chi connectivity index (χ1n) is 11.8. The van der Waals surface area contributed by atoms with Crippen LogP contribution in [0.5, 0.6) is 0 Å². The molecule has 3 aromatic heterocycles. The highest BCUT2D eigenvalue weighted by atomic mass is 35.5. The summed E-state index contributed by atoms with van der Waals surface area (Å²) in [6, 6.07) is 13.4. The normalized spacial score (nSPS) is 14.6. The standard InChI is InChI=1S/C25H23ClN8OS3/c26-18-5-1-4-17(14-18)25(6-12-35-13-7-25)16-31-22(36)34-21-32-19(37-23-27-8-2-9-28-23)15-20(33-21)38-24-29-10-3-11-30-24/h1-5,8-11,14-15H,6-7,12-13,16H2,(H2,31,32,33,34,36). The molecule has 0 spiro atoms. The molecular weight excluding hydrogens is 560 g/mol. The van der Waals surface area contributed by atoms with Gasteiger partial charge in [-0.3, -0.25) is 0 Å². The number of hydrogen-bond donors (Lipinski definition) is 2. The van der Waals surface area contributed by atoms with E-state index in [9.17, 15) is 0 Å². The fourth-order valence-corrected chi connectivity index (χ4v) is 5.83. The van der Waals surface area contributed by atoms with Gasteiger partial charge in [-0.05, 0) is 78.4 Å². The Hall–Kier alpha value is -2.90. The maximum atomic E-state index is 6.31. The number of nitrogens with one attached hydrogen (secondary N) is 2. The number of benzene rings is 1. The Morgan fingerprint density at radius 3 is 2.08 bits per heavy atom. The van der Waals surface area contributed by atoms with Crippen LogP contribution < -0.4 is 10.6 Å². The van der Waals surface area contributed by atoms with Crippen molar-refractivity contribution in [3.05, 3.63) is 77.8 Å². The molecular formula is C25H23ClN8OS3. The van der Waals surface area contributed by atoms with Crippen molar-refractivity contribution in [1.29, 1.82) is 0 Å². The molecule has 2 N–H and O–H groups in total. The monoisotopic (exact) mass is 582 g/mol. The van der Waals surface area contributed by atoms with Crippen LogP contribution in [-0.4, -0.2) is 54.8 Å². The Kier molecular flexibility index (Phi) is 8.97. The first-order chi connectivity index (χ1) is 18.6. The van der Waals surface area contributed by atoms with E-state index in [1.54, 1.807) is 36.9 Å². The van der Waals surface area contributed by atoms with Gasteiger partial charge >= 0.3 is 0 Å². The molecule has 1 aromatic carbocycles. The fraction of sp³-hybridized carbons (Fsp3) is 0.240. The summed E-state index contributed by atoms with van der Waals surface area (Å²) in [6.07, 6.45) is 8.48. The lowest BCUT2D eigenvalue weighted by Gasteiger charge is -2.38. The summed E-state index contributed by atoms with van der Waals surface area (Å²) in [5.41, 5.74) is 1.02. The number of aromatic nitrogens is 6. The number of halogens is 1. The number of hydrogen-bond acceptors (Lipinski definition) is 10. The van der Waals surface area contributed by atoms with Crippen LogP contribution in [0.2, 0.25) is 5.02 Å². The lowest BCUT2D eigenvalue weighted by atomic mass is 9.74. The smallest absolute Gasteiger partial charge is 0.231 e. The van der Waals surface area contributed by atoms with Gasteiger partial charge in [-0.1, -0.05) is 23.7 Å². The van der Waals surface area contributed by atoms with Crippen molar-refractivity contribution in [3.63, 3.8) is 0 Å². The molecule has 0 aliphatic carbocycles. The third-order valence-electron chi connectivity index (χ3n) is 5.85. The lowest BCUT2D eigenvalue weighted by Crippen LogP contribution is -2.45. The predicted octanol–water partition coefficient (Wildman–Crippen LogP) is 5.05. The molecule has 0 unspecified atom stereocenters. The molecule has 1 saturated heterocycles. The first-order valence-corrected chi connectivity index (χ1v) is 14.2. The van der Waals surface area contributed by atoms with Gasteiger partial charge in [0.05, 0.1) is 0 Å². The molecule has 194 valence electrons. The maximum absolute atomic E-state index is 6.31. The maximum Gasteiger partial charge on any atom is 0.231 e. The molecule has 5 rings (SSSR count). The highest BCUT2D eigenvalue weighted by Gasteiger charge is 2.34. The number of thiocarbonyl (C=S) groups is 1. The minimum atomic E-state index is -0.149. The Bertz CT molecular complexity index is 1320. The van der Waals surface area contributed by atoms with Crippen molar-refractivity contribution in [2.24, 2.45) is 0 Å². The van der Waals surface area contributed by atoms with Crippen molar-refractivity contribution in [1.82, 2.24) is 35.2 Å². The minimum absolute atomic E-state index is 0.149. The zero-order chi connectivity index (χ0) is 26.2. The molecule has 4 heterocycles. The van der Waals surface area contributed by atoms with E-state index in [0.717, 1.165) is 12.8 Å². The summed E-state index contributed by atoms with van der Waals surface area (Å²) >= 11 is 14.6. The van der Waals surface area contributed by atoms with Gasteiger partial charge in [0.1, 0.15) is 10.1 Å². The predicted molar refractivity (Wildman–Crippen MR) is 152 cm³/mol. The summed E-state index contributed by atoms with van der Waals surface area (Å²) in [5, 5.41) is 10.1. The van der Waals surface area contributed by atoms with Crippen LogP contribution in [0, 0.1) is 0 Å². The molecule has 1 aliphatic rings. The highest BCUT2D eigenvalue weighted by Crippen LogP contribution is 2.35. The van der Waals surface area contributed by atoms with Gasteiger partial charge in [-0.2, -0.15) is 0 Å². The third-order valence-corrected chi connectivity index (χ3v) is 7.96. The Labute approximate surface area is 239 Å². The molecule has 1 aliphatic heterocycles. The minimum Gasteiger partial charge on any atom is -0.381 e. The van der Waals surface area contributed by atoms with E-state index in [1.807, 2.05) is 24.3 Å². The van der Waals surface area contributed by atoms with Crippen LogP contribution in [0.25, 0.3) is 0 Å². The number of nitrogens with zero attached hydrogens (tertiary/aromatic N) is 6. The van der Waals surface area contributed by atoms with E-state index in [1.165, 1.54) is 29.1 Å². The van der Waals surface area contributed by atoms with Crippen LogP contribution >= 0.6 is 47.3 Å². The highest BCUT2D eigenvalue weighted by molar-refractivity contribution is 7.99. The number of anilines is 1. The summed E-state index contributed by atoms with van der Waals surface area (Å²) in [7, 11) is 0. The summed E-state index contributed by atoms with van der Waals surface area (Å²) < 4.78 is 5.65. The second-order valence-electron chi connectivity index (χ2n) is 8.35.